The van der Waals surface area contributed by atoms with Crippen LogP contribution in [0.2, 0.25) is 0 Å². The molecule has 36 heavy (non-hydrogen) atoms. The fourth-order valence-corrected chi connectivity index (χ4v) is 6.01. The molecular weight excluding hydrogens is 434 g/mol. The molecule has 5 aromatic rings. The van der Waals surface area contributed by atoms with Crippen LogP contribution >= 0.6 is 0 Å². The second-order valence-electron chi connectivity index (χ2n) is 10.4. The number of hydrogen-bond donors (Lipinski definition) is 0. The molecule has 0 radical (unpaired) electrons. The lowest BCUT2D eigenvalue weighted by Crippen LogP contribution is -2.32. The molecule has 0 N–H and O–H groups in total. The molecule has 0 spiro atoms. The summed E-state index contributed by atoms with van der Waals surface area (Å²) in [6.45, 7) is 9.05. The predicted molar refractivity (Wildman–Crippen MR) is 152 cm³/mol. The van der Waals surface area contributed by atoms with Crippen LogP contribution in [0.25, 0.3) is 55.8 Å². The van der Waals surface area contributed by atoms with Gasteiger partial charge in [-0.2, -0.15) is 0 Å². The van der Waals surface area contributed by atoms with E-state index in [0.29, 0.717) is 5.92 Å². The third-order valence-electron chi connectivity index (χ3n) is 7.73. The quantitative estimate of drug-likeness (QED) is 0.224. The SMILES string of the molecule is Cc1cc(-c2c(C)ccc3c2-c2ccccc2-c2ccccc2-c2ccccc2-3)[n+](C)cc1C(C)C. The number of aryl methyl sites for hydroxylation is 3. The first-order valence-corrected chi connectivity index (χ1v) is 12.9. The molecule has 0 saturated carbocycles. The van der Waals surface area contributed by atoms with Crippen molar-refractivity contribution in [1.29, 1.82) is 0 Å². The number of benzene rings is 4. The zero-order chi connectivity index (χ0) is 25.0. The summed E-state index contributed by atoms with van der Waals surface area (Å²) in [4.78, 5) is 0. The summed E-state index contributed by atoms with van der Waals surface area (Å²) in [5.74, 6) is 0.492. The molecule has 0 bridgehead atoms. The third kappa shape index (κ3) is 3.42. The number of pyridine rings is 1. The second-order valence-corrected chi connectivity index (χ2v) is 10.4. The number of nitrogens with zero attached hydrogens (tertiary/aromatic N) is 1. The molecule has 4 aromatic carbocycles. The first-order chi connectivity index (χ1) is 17.5. The first kappa shape index (κ1) is 22.5. The van der Waals surface area contributed by atoms with E-state index in [1.165, 1.54) is 72.5 Å². The van der Waals surface area contributed by atoms with Crippen molar-refractivity contribution in [2.75, 3.05) is 0 Å². The van der Waals surface area contributed by atoms with E-state index in [1.54, 1.807) is 0 Å². The fourth-order valence-electron chi connectivity index (χ4n) is 6.01. The van der Waals surface area contributed by atoms with Crippen molar-refractivity contribution in [2.24, 2.45) is 7.05 Å². The van der Waals surface area contributed by atoms with E-state index in [4.69, 9.17) is 0 Å². The van der Waals surface area contributed by atoms with E-state index in [0.717, 1.165) is 0 Å². The molecule has 0 amide bonds. The molecule has 1 heterocycles. The van der Waals surface area contributed by atoms with Crippen molar-refractivity contribution in [3.8, 4) is 55.8 Å². The summed E-state index contributed by atoms with van der Waals surface area (Å²) in [7, 11) is 2.19. The highest BCUT2D eigenvalue weighted by Gasteiger charge is 2.28. The summed E-state index contributed by atoms with van der Waals surface area (Å²) in [6.07, 6.45) is 2.33. The minimum absolute atomic E-state index is 0.492. The molecule has 0 atom stereocenters. The predicted octanol–water partition coefficient (Wildman–Crippen LogP) is 8.90. The van der Waals surface area contributed by atoms with Crippen LogP contribution in [-0.4, -0.2) is 0 Å². The van der Waals surface area contributed by atoms with Gasteiger partial charge in [0.1, 0.15) is 7.05 Å². The molecule has 0 unspecified atom stereocenters. The number of fused-ring (bicyclic) bond motifs is 8. The lowest BCUT2D eigenvalue weighted by atomic mass is 9.78. The van der Waals surface area contributed by atoms with Gasteiger partial charge in [-0.3, -0.25) is 0 Å². The van der Waals surface area contributed by atoms with Gasteiger partial charge in [0.15, 0.2) is 6.20 Å². The molecule has 176 valence electrons. The Hall–Kier alpha value is -3.97. The van der Waals surface area contributed by atoms with Crippen LogP contribution < -0.4 is 4.57 Å². The molecule has 6 rings (SSSR count). The minimum atomic E-state index is 0.492. The topological polar surface area (TPSA) is 3.88 Å². The number of hydrogen-bond acceptors (Lipinski definition) is 0. The molecule has 0 saturated heterocycles. The first-order valence-electron chi connectivity index (χ1n) is 12.9. The van der Waals surface area contributed by atoms with Crippen LogP contribution in [-0.2, 0) is 7.05 Å². The van der Waals surface area contributed by atoms with Gasteiger partial charge in [-0.1, -0.05) is 98.8 Å². The van der Waals surface area contributed by atoms with Gasteiger partial charge < -0.3 is 0 Å². The highest BCUT2D eigenvalue weighted by Crippen LogP contribution is 2.50. The Kier molecular flexibility index (Phi) is 5.38. The maximum Gasteiger partial charge on any atom is 0.213 e. The zero-order valence-corrected chi connectivity index (χ0v) is 21.8. The highest BCUT2D eigenvalue weighted by atomic mass is 14.9. The molecule has 1 heteroatoms. The van der Waals surface area contributed by atoms with Gasteiger partial charge in [0.05, 0.1) is 5.56 Å². The average Bonchev–Trinajstić information content (AvgIpc) is 2.89. The summed E-state index contributed by atoms with van der Waals surface area (Å²) in [5.41, 5.74) is 16.9. The summed E-state index contributed by atoms with van der Waals surface area (Å²) in [5, 5.41) is 0. The van der Waals surface area contributed by atoms with E-state index < -0.39 is 0 Å². The average molecular weight is 467 g/mol. The standard InChI is InChI=1S/C35H32N/c1-22(2)32-21-36(5)33(20-24(32)4)34-23(3)18-19-31-29-16-9-8-14-27(29)25-12-6-7-13-26(25)28-15-10-11-17-30(28)35(31)34/h6-22H,1-5H3/q+1. The van der Waals surface area contributed by atoms with Gasteiger partial charge in [0.2, 0.25) is 5.69 Å². The Balaban J connectivity index is 1.79. The van der Waals surface area contributed by atoms with Gasteiger partial charge >= 0.3 is 0 Å². The summed E-state index contributed by atoms with van der Waals surface area (Å²) >= 11 is 0. The summed E-state index contributed by atoms with van der Waals surface area (Å²) < 4.78 is 2.33. The molecule has 0 aliphatic heterocycles. The van der Waals surface area contributed by atoms with E-state index >= 15 is 0 Å². The lowest BCUT2D eigenvalue weighted by molar-refractivity contribution is -0.660. The number of aromatic nitrogens is 1. The van der Waals surface area contributed by atoms with Crippen molar-refractivity contribution >= 4 is 0 Å². The van der Waals surface area contributed by atoms with Crippen LogP contribution in [0, 0.1) is 13.8 Å². The van der Waals surface area contributed by atoms with Crippen LogP contribution in [0.1, 0.15) is 36.5 Å². The second kappa shape index (κ2) is 8.60. The van der Waals surface area contributed by atoms with Crippen LogP contribution in [0.3, 0.4) is 0 Å². The van der Waals surface area contributed by atoms with E-state index in [-0.39, 0.29) is 0 Å². The Morgan fingerprint density at radius 2 is 1.00 bits per heavy atom. The smallest absolute Gasteiger partial charge is 0.201 e. The monoisotopic (exact) mass is 466 g/mol. The fraction of sp³-hybridized carbons (Fsp3) is 0.171. The van der Waals surface area contributed by atoms with Crippen molar-refractivity contribution in [3.05, 3.63) is 114 Å². The van der Waals surface area contributed by atoms with Gasteiger partial charge in [-0.25, -0.2) is 4.57 Å². The van der Waals surface area contributed by atoms with Crippen molar-refractivity contribution in [2.45, 2.75) is 33.6 Å². The minimum Gasteiger partial charge on any atom is -0.201 e. The van der Waals surface area contributed by atoms with Crippen molar-refractivity contribution in [3.63, 3.8) is 0 Å². The van der Waals surface area contributed by atoms with E-state index in [9.17, 15) is 0 Å². The van der Waals surface area contributed by atoms with Crippen molar-refractivity contribution < 1.29 is 4.57 Å². The largest absolute Gasteiger partial charge is 0.213 e. The normalized spacial score (nSPS) is 11.7. The Bertz CT molecular complexity index is 1630. The maximum atomic E-state index is 2.39. The Labute approximate surface area is 214 Å². The van der Waals surface area contributed by atoms with Crippen LogP contribution in [0.5, 0.6) is 0 Å². The Morgan fingerprint density at radius 3 is 1.53 bits per heavy atom. The zero-order valence-electron chi connectivity index (χ0n) is 21.8. The molecule has 0 fully saturated rings. The number of rotatable bonds is 2. The van der Waals surface area contributed by atoms with Gasteiger partial charge in [-0.05, 0) is 69.8 Å². The molecular formula is C35H32N+. The molecule has 1 aliphatic carbocycles. The molecule has 1 aliphatic rings. The lowest BCUT2D eigenvalue weighted by Gasteiger charge is -2.25. The molecule has 1 nitrogen and oxygen atoms in total. The van der Waals surface area contributed by atoms with Crippen LogP contribution in [0.15, 0.2) is 97.2 Å². The van der Waals surface area contributed by atoms with Crippen LogP contribution in [0.4, 0.5) is 0 Å². The highest BCUT2D eigenvalue weighted by molar-refractivity contribution is 6.06. The van der Waals surface area contributed by atoms with E-state index in [1.807, 2.05) is 0 Å². The van der Waals surface area contributed by atoms with E-state index in [2.05, 4.69) is 137 Å². The van der Waals surface area contributed by atoms with Gasteiger partial charge in [0.25, 0.3) is 0 Å². The maximum absolute atomic E-state index is 2.39. The van der Waals surface area contributed by atoms with Crippen molar-refractivity contribution in [1.82, 2.24) is 0 Å². The summed E-state index contributed by atoms with van der Waals surface area (Å²) in [6, 6.07) is 33.7. The van der Waals surface area contributed by atoms with Gasteiger partial charge in [0, 0.05) is 17.2 Å². The third-order valence-corrected chi connectivity index (χ3v) is 7.73. The molecule has 1 aromatic heterocycles. The Morgan fingerprint density at radius 1 is 0.528 bits per heavy atom. The van der Waals surface area contributed by atoms with Gasteiger partial charge in [-0.15, -0.1) is 0 Å².